The summed E-state index contributed by atoms with van der Waals surface area (Å²) in [5.41, 5.74) is 3.82. The molecule has 2 heterocycles. The highest BCUT2D eigenvalue weighted by atomic mass is 16.1. The number of nitrogens with zero attached hydrogens (tertiary/aromatic N) is 2. The fourth-order valence-corrected chi connectivity index (χ4v) is 2.36. The molecule has 3 aromatic rings. The summed E-state index contributed by atoms with van der Waals surface area (Å²) < 4.78 is 0. The molecule has 3 rings (SSSR count). The molecule has 0 bridgehead atoms. The van der Waals surface area contributed by atoms with E-state index in [9.17, 15) is 4.79 Å². The van der Waals surface area contributed by atoms with Crippen molar-refractivity contribution in [1.29, 1.82) is 0 Å². The molecule has 0 saturated carbocycles. The highest BCUT2D eigenvalue weighted by molar-refractivity contribution is 5.82. The van der Waals surface area contributed by atoms with Crippen molar-refractivity contribution in [2.45, 2.75) is 19.9 Å². The van der Waals surface area contributed by atoms with Crippen LogP contribution in [0.25, 0.3) is 10.9 Å². The van der Waals surface area contributed by atoms with Gasteiger partial charge < -0.3 is 5.32 Å². The van der Waals surface area contributed by atoms with Gasteiger partial charge >= 0.3 is 0 Å². The van der Waals surface area contributed by atoms with Crippen LogP contribution in [0.1, 0.15) is 16.8 Å². The normalized spacial score (nSPS) is 10.6. The topological polar surface area (TPSA) is 54.9 Å². The molecule has 2 aromatic heterocycles. The molecule has 0 unspecified atom stereocenters. The molecule has 0 aliphatic carbocycles. The van der Waals surface area contributed by atoms with Gasteiger partial charge in [-0.3, -0.25) is 14.8 Å². The molecule has 4 heteroatoms. The highest BCUT2D eigenvalue weighted by Gasteiger charge is 2.09. The van der Waals surface area contributed by atoms with Crippen molar-refractivity contribution in [3.05, 3.63) is 71.7 Å². The van der Waals surface area contributed by atoms with E-state index in [1.54, 1.807) is 12.4 Å². The van der Waals surface area contributed by atoms with Gasteiger partial charge in [-0.05, 0) is 42.3 Å². The number of aromatic nitrogens is 2. The van der Waals surface area contributed by atoms with Gasteiger partial charge in [-0.2, -0.15) is 0 Å². The minimum atomic E-state index is -0.0253. The molecule has 1 aromatic carbocycles. The van der Waals surface area contributed by atoms with Gasteiger partial charge in [0.05, 0.1) is 17.6 Å². The quantitative estimate of drug-likeness (QED) is 0.804. The molecule has 0 radical (unpaired) electrons. The van der Waals surface area contributed by atoms with E-state index < -0.39 is 0 Å². The van der Waals surface area contributed by atoms with Crippen LogP contribution >= 0.6 is 0 Å². The minimum absolute atomic E-state index is 0.0253. The Labute approximate surface area is 129 Å². The molecule has 1 N–H and O–H groups in total. The number of rotatable bonds is 4. The molecule has 110 valence electrons. The Balaban J connectivity index is 1.70. The van der Waals surface area contributed by atoms with E-state index >= 15 is 0 Å². The third-order valence-corrected chi connectivity index (χ3v) is 3.59. The van der Waals surface area contributed by atoms with Gasteiger partial charge in [0.1, 0.15) is 0 Å². The molecule has 0 fully saturated rings. The van der Waals surface area contributed by atoms with Gasteiger partial charge in [0.15, 0.2) is 0 Å². The van der Waals surface area contributed by atoms with E-state index in [1.807, 2.05) is 43.3 Å². The largest absolute Gasteiger partial charge is 0.352 e. The van der Waals surface area contributed by atoms with Crippen molar-refractivity contribution < 1.29 is 4.79 Å². The lowest BCUT2D eigenvalue weighted by atomic mass is 10.1. The summed E-state index contributed by atoms with van der Waals surface area (Å²) in [5.74, 6) is -0.0253. The van der Waals surface area contributed by atoms with Crippen LogP contribution in [0.4, 0.5) is 0 Å². The Kier molecular flexibility index (Phi) is 4.10. The van der Waals surface area contributed by atoms with E-state index in [4.69, 9.17) is 0 Å². The second-order valence-electron chi connectivity index (χ2n) is 5.25. The van der Waals surface area contributed by atoms with Crippen LogP contribution in [0.15, 0.2) is 54.9 Å². The minimum Gasteiger partial charge on any atom is -0.352 e. The lowest BCUT2D eigenvalue weighted by Crippen LogP contribution is -2.25. The third kappa shape index (κ3) is 3.28. The van der Waals surface area contributed by atoms with Crippen LogP contribution < -0.4 is 5.32 Å². The van der Waals surface area contributed by atoms with Gasteiger partial charge in [-0.1, -0.05) is 18.2 Å². The van der Waals surface area contributed by atoms with Gasteiger partial charge in [-0.25, -0.2) is 0 Å². The van der Waals surface area contributed by atoms with Gasteiger partial charge in [0.25, 0.3) is 0 Å². The maximum atomic E-state index is 12.1. The van der Waals surface area contributed by atoms with Crippen molar-refractivity contribution in [3.8, 4) is 0 Å². The second kappa shape index (κ2) is 6.35. The molecule has 0 spiro atoms. The number of pyridine rings is 2. The summed E-state index contributed by atoms with van der Waals surface area (Å²) in [7, 11) is 0. The maximum absolute atomic E-state index is 12.1. The fourth-order valence-electron chi connectivity index (χ4n) is 2.36. The summed E-state index contributed by atoms with van der Waals surface area (Å²) >= 11 is 0. The third-order valence-electron chi connectivity index (χ3n) is 3.59. The molecule has 1 amide bonds. The lowest BCUT2D eigenvalue weighted by Gasteiger charge is -2.08. The first-order chi connectivity index (χ1) is 10.7. The van der Waals surface area contributed by atoms with Crippen molar-refractivity contribution >= 4 is 16.8 Å². The zero-order chi connectivity index (χ0) is 15.4. The average molecular weight is 291 g/mol. The van der Waals surface area contributed by atoms with Crippen LogP contribution in [0.5, 0.6) is 0 Å². The number of hydrogen-bond donors (Lipinski definition) is 1. The second-order valence-corrected chi connectivity index (χ2v) is 5.25. The first-order valence-electron chi connectivity index (χ1n) is 7.23. The number of amides is 1. The number of carbonyl (C=O) groups excluding carboxylic acids is 1. The SMILES string of the molecule is Cc1cc2ccccc2nc1CC(=O)NCc1ccncc1. The highest BCUT2D eigenvalue weighted by Crippen LogP contribution is 2.16. The summed E-state index contributed by atoms with van der Waals surface area (Å²) in [6, 6.07) is 13.8. The van der Waals surface area contributed by atoms with Gasteiger partial charge in [0, 0.05) is 24.3 Å². The Bertz CT molecular complexity index is 800. The number of para-hydroxylation sites is 1. The molecule has 0 atom stereocenters. The summed E-state index contributed by atoms with van der Waals surface area (Å²) in [5, 5.41) is 4.01. The molecular weight excluding hydrogens is 274 g/mol. The van der Waals surface area contributed by atoms with Crippen LogP contribution in [-0.4, -0.2) is 15.9 Å². The number of carbonyl (C=O) groups is 1. The van der Waals surface area contributed by atoms with Gasteiger partial charge in [-0.15, -0.1) is 0 Å². The number of hydrogen-bond acceptors (Lipinski definition) is 3. The van der Waals surface area contributed by atoms with E-state index in [1.165, 1.54) is 0 Å². The van der Waals surface area contributed by atoms with Crippen molar-refractivity contribution in [2.24, 2.45) is 0 Å². The Hall–Kier alpha value is -2.75. The standard InChI is InChI=1S/C18H17N3O/c1-13-10-15-4-2-3-5-16(15)21-17(13)11-18(22)20-12-14-6-8-19-9-7-14/h2-10H,11-12H2,1H3,(H,20,22). The molecule has 0 saturated heterocycles. The van der Waals surface area contributed by atoms with Crippen molar-refractivity contribution in [3.63, 3.8) is 0 Å². The van der Waals surface area contributed by atoms with E-state index in [0.717, 1.165) is 27.7 Å². The monoisotopic (exact) mass is 291 g/mol. The van der Waals surface area contributed by atoms with E-state index in [0.29, 0.717) is 13.0 Å². The average Bonchev–Trinajstić information content (AvgIpc) is 2.55. The summed E-state index contributed by atoms with van der Waals surface area (Å²) in [4.78, 5) is 20.7. The van der Waals surface area contributed by atoms with Crippen molar-refractivity contribution in [1.82, 2.24) is 15.3 Å². The molecular formula is C18H17N3O. The summed E-state index contributed by atoms with van der Waals surface area (Å²) in [6.45, 7) is 2.50. The smallest absolute Gasteiger partial charge is 0.226 e. The summed E-state index contributed by atoms with van der Waals surface area (Å²) in [6.07, 6.45) is 3.73. The van der Waals surface area contributed by atoms with Crippen LogP contribution in [0.2, 0.25) is 0 Å². The first kappa shape index (κ1) is 14.2. The zero-order valence-electron chi connectivity index (χ0n) is 12.4. The van der Waals surface area contributed by atoms with E-state index in [2.05, 4.69) is 21.4 Å². The van der Waals surface area contributed by atoms with Crippen LogP contribution in [-0.2, 0) is 17.8 Å². The fraction of sp³-hybridized carbons (Fsp3) is 0.167. The van der Waals surface area contributed by atoms with Crippen LogP contribution in [0, 0.1) is 6.92 Å². The Morgan fingerprint density at radius 3 is 2.73 bits per heavy atom. The number of aryl methyl sites for hydroxylation is 1. The van der Waals surface area contributed by atoms with Crippen LogP contribution in [0.3, 0.4) is 0 Å². The Morgan fingerprint density at radius 2 is 1.91 bits per heavy atom. The predicted octanol–water partition coefficient (Wildman–Crippen LogP) is 2.80. The Morgan fingerprint density at radius 1 is 1.14 bits per heavy atom. The zero-order valence-corrected chi connectivity index (χ0v) is 12.4. The lowest BCUT2D eigenvalue weighted by molar-refractivity contribution is -0.120. The molecule has 0 aliphatic rings. The number of nitrogens with one attached hydrogen (secondary N) is 1. The maximum Gasteiger partial charge on any atom is 0.226 e. The molecule has 22 heavy (non-hydrogen) atoms. The predicted molar refractivity (Wildman–Crippen MR) is 86.3 cm³/mol. The van der Waals surface area contributed by atoms with Crippen molar-refractivity contribution in [2.75, 3.05) is 0 Å². The first-order valence-corrected chi connectivity index (χ1v) is 7.23. The molecule has 4 nitrogen and oxygen atoms in total. The van der Waals surface area contributed by atoms with E-state index in [-0.39, 0.29) is 5.91 Å². The number of fused-ring (bicyclic) bond motifs is 1. The van der Waals surface area contributed by atoms with Gasteiger partial charge in [0.2, 0.25) is 5.91 Å². The molecule has 0 aliphatic heterocycles. The number of benzene rings is 1.